The van der Waals surface area contributed by atoms with Gasteiger partial charge >= 0.3 is 7.60 Å². The van der Waals surface area contributed by atoms with Crippen molar-refractivity contribution in [2.75, 3.05) is 0 Å². The number of halogens is 1. The summed E-state index contributed by atoms with van der Waals surface area (Å²) in [5.41, 5.74) is -0.811. The number of ketones is 1. The Bertz CT molecular complexity index is 996. The molecule has 0 aliphatic heterocycles. The molecule has 1 aromatic heterocycles. The second-order valence-corrected chi connectivity index (χ2v) is 7.81. The van der Waals surface area contributed by atoms with Crippen LogP contribution in [0, 0.1) is 6.92 Å². The van der Waals surface area contributed by atoms with Crippen LogP contribution in [-0.2, 0) is 4.57 Å². The molecular weight excluding hydrogens is 377 g/mol. The zero-order valence-electron chi connectivity index (χ0n) is 13.7. The topological polar surface area (TPSA) is 101 Å². The summed E-state index contributed by atoms with van der Waals surface area (Å²) in [6.07, 6.45) is 0. The zero-order valence-corrected chi connectivity index (χ0v) is 15.3. The van der Waals surface area contributed by atoms with Gasteiger partial charge in [0.15, 0.2) is 5.78 Å². The number of hydrogen-bond donors (Lipinski definition) is 2. The Balaban J connectivity index is 2.17. The maximum atomic E-state index is 13.1. The summed E-state index contributed by atoms with van der Waals surface area (Å²) in [6.45, 7) is 1.52. The Labute approximate surface area is 154 Å². The van der Waals surface area contributed by atoms with Gasteiger partial charge in [0, 0.05) is 5.56 Å². The zero-order chi connectivity index (χ0) is 18.9. The number of aryl methyl sites for hydroxylation is 1. The molecule has 3 rings (SSSR count). The first-order valence-electron chi connectivity index (χ1n) is 7.66. The van der Waals surface area contributed by atoms with Crippen LogP contribution >= 0.6 is 19.2 Å². The van der Waals surface area contributed by atoms with Crippen LogP contribution in [0.3, 0.4) is 0 Å². The Kier molecular flexibility index (Phi) is 5.12. The molecule has 0 aliphatic rings. The lowest BCUT2D eigenvalue weighted by Crippen LogP contribution is -2.15. The van der Waals surface area contributed by atoms with Crippen LogP contribution in [-0.4, -0.2) is 20.7 Å². The molecule has 0 bridgehead atoms. The van der Waals surface area contributed by atoms with Crippen LogP contribution in [0.5, 0.6) is 0 Å². The largest absolute Gasteiger partial charge is 0.360 e. The first-order valence-corrected chi connectivity index (χ1v) is 9.72. The average molecular weight is 392 g/mol. The Hall–Kier alpha value is -2.24. The summed E-state index contributed by atoms with van der Waals surface area (Å²) >= 11 is 6.18. The van der Waals surface area contributed by atoms with Gasteiger partial charge in [-0.3, -0.25) is 9.36 Å². The fourth-order valence-electron chi connectivity index (χ4n) is 2.77. The van der Waals surface area contributed by atoms with Crippen molar-refractivity contribution < 1.29 is 23.7 Å². The van der Waals surface area contributed by atoms with Gasteiger partial charge in [0.05, 0.1) is 10.6 Å². The first kappa shape index (κ1) is 18.5. The van der Waals surface area contributed by atoms with Gasteiger partial charge in [-0.2, -0.15) is 0 Å². The van der Waals surface area contributed by atoms with Crippen LogP contribution in [0.4, 0.5) is 0 Å². The summed E-state index contributed by atoms with van der Waals surface area (Å²) in [6, 6.07) is 14.7. The van der Waals surface area contributed by atoms with Crippen LogP contribution in [0.2, 0.25) is 5.02 Å². The van der Waals surface area contributed by atoms with Gasteiger partial charge in [-0.1, -0.05) is 65.3 Å². The van der Waals surface area contributed by atoms with E-state index in [0.717, 1.165) is 0 Å². The van der Waals surface area contributed by atoms with Crippen molar-refractivity contribution in [2.24, 2.45) is 0 Å². The molecular formula is C18H15ClNO5P. The molecule has 0 saturated heterocycles. The Morgan fingerprint density at radius 3 is 2.35 bits per heavy atom. The van der Waals surface area contributed by atoms with Gasteiger partial charge in [-0.15, -0.1) is 0 Å². The van der Waals surface area contributed by atoms with Gasteiger partial charge in [0.1, 0.15) is 17.1 Å². The third-order valence-corrected chi connectivity index (χ3v) is 5.47. The van der Waals surface area contributed by atoms with E-state index in [1.807, 2.05) is 0 Å². The van der Waals surface area contributed by atoms with E-state index in [4.69, 9.17) is 16.1 Å². The number of hydrogen-bond acceptors (Lipinski definition) is 4. The average Bonchev–Trinajstić information content (AvgIpc) is 2.96. The predicted molar refractivity (Wildman–Crippen MR) is 97.2 cm³/mol. The highest BCUT2D eigenvalue weighted by Gasteiger charge is 2.40. The van der Waals surface area contributed by atoms with Crippen molar-refractivity contribution in [1.82, 2.24) is 5.16 Å². The number of benzene rings is 2. The van der Waals surface area contributed by atoms with E-state index in [1.165, 1.54) is 19.1 Å². The van der Waals surface area contributed by atoms with Gasteiger partial charge in [0.2, 0.25) is 0 Å². The molecule has 134 valence electrons. The van der Waals surface area contributed by atoms with Crippen molar-refractivity contribution in [3.05, 3.63) is 76.5 Å². The molecule has 0 aliphatic carbocycles. The highest BCUT2D eigenvalue weighted by atomic mass is 35.5. The lowest BCUT2D eigenvalue weighted by atomic mass is 9.98. The third-order valence-electron chi connectivity index (χ3n) is 3.94. The standard InChI is InChI=1S/C18H15ClNO5P/c1-11-15(16(20-25-11)13-9-5-6-10-14(13)19)17(21)18(26(22,23)24)12-7-3-2-4-8-12/h2-10,18H,1H3,(H2,22,23,24). The summed E-state index contributed by atoms with van der Waals surface area (Å²) in [5.74, 6) is -0.600. The van der Waals surface area contributed by atoms with Crippen LogP contribution < -0.4 is 0 Å². The van der Waals surface area contributed by atoms with E-state index in [1.54, 1.807) is 42.5 Å². The molecule has 0 amide bonds. The fraction of sp³-hybridized carbons (Fsp3) is 0.111. The predicted octanol–water partition coefficient (Wildman–Crippen LogP) is 4.41. The van der Waals surface area contributed by atoms with E-state index in [-0.39, 0.29) is 22.6 Å². The third kappa shape index (κ3) is 3.50. The highest BCUT2D eigenvalue weighted by Crippen LogP contribution is 2.54. The van der Waals surface area contributed by atoms with Crippen molar-refractivity contribution >= 4 is 25.0 Å². The van der Waals surface area contributed by atoms with Crippen LogP contribution in [0.1, 0.15) is 27.3 Å². The minimum absolute atomic E-state index is 0.00952. The van der Waals surface area contributed by atoms with Gasteiger partial charge in [-0.25, -0.2) is 0 Å². The molecule has 26 heavy (non-hydrogen) atoms. The van der Waals surface area contributed by atoms with Crippen molar-refractivity contribution in [1.29, 1.82) is 0 Å². The molecule has 0 fully saturated rings. The molecule has 1 heterocycles. The smallest absolute Gasteiger partial charge is 0.340 e. The molecule has 8 heteroatoms. The van der Waals surface area contributed by atoms with Crippen LogP contribution in [0.15, 0.2) is 59.1 Å². The highest BCUT2D eigenvalue weighted by molar-refractivity contribution is 7.53. The van der Waals surface area contributed by atoms with Crippen molar-refractivity contribution in [3.8, 4) is 11.3 Å². The normalized spacial score (nSPS) is 12.8. The SMILES string of the molecule is Cc1onc(-c2ccccc2Cl)c1C(=O)C(c1ccccc1)P(=O)(O)O. The van der Waals surface area contributed by atoms with E-state index in [9.17, 15) is 19.1 Å². The Morgan fingerprint density at radius 1 is 1.12 bits per heavy atom. The summed E-state index contributed by atoms with van der Waals surface area (Å²) < 4.78 is 17.2. The quantitative estimate of drug-likeness (QED) is 0.493. The second kappa shape index (κ2) is 7.17. The van der Waals surface area contributed by atoms with E-state index < -0.39 is 19.0 Å². The number of aromatic nitrogens is 1. The lowest BCUT2D eigenvalue weighted by molar-refractivity contribution is 0.0977. The number of rotatable bonds is 5. The molecule has 6 nitrogen and oxygen atoms in total. The summed E-state index contributed by atoms with van der Waals surface area (Å²) in [7, 11) is -4.79. The molecule has 2 N–H and O–H groups in total. The minimum atomic E-state index is -4.79. The molecule has 1 unspecified atom stereocenters. The molecule has 2 aromatic carbocycles. The van der Waals surface area contributed by atoms with E-state index in [2.05, 4.69) is 5.16 Å². The minimum Gasteiger partial charge on any atom is -0.360 e. The maximum Gasteiger partial charge on any atom is 0.340 e. The maximum absolute atomic E-state index is 13.1. The van der Waals surface area contributed by atoms with E-state index in [0.29, 0.717) is 10.6 Å². The van der Waals surface area contributed by atoms with Gasteiger partial charge < -0.3 is 14.3 Å². The van der Waals surface area contributed by atoms with E-state index >= 15 is 0 Å². The number of carbonyl (C=O) groups excluding carboxylic acids is 1. The monoisotopic (exact) mass is 391 g/mol. The van der Waals surface area contributed by atoms with Gasteiger partial charge in [0.25, 0.3) is 0 Å². The molecule has 1 atom stereocenters. The number of Topliss-reactive ketones (excluding diaryl/α,β-unsaturated/α-hetero) is 1. The first-order chi connectivity index (χ1) is 12.3. The van der Waals surface area contributed by atoms with Gasteiger partial charge in [-0.05, 0) is 18.6 Å². The van der Waals surface area contributed by atoms with Crippen molar-refractivity contribution in [2.45, 2.75) is 12.6 Å². The lowest BCUT2D eigenvalue weighted by Gasteiger charge is -2.18. The number of nitrogens with zero attached hydrogens (tertiary/aromatic N) is 1. The van der Waals surface area contributed by atoms with Crippen LogP contribution in [0.25, 0.3) is 11.3 Å². The summed E-state index contributed by atoms with van der Waals surface area (Å²) in [5, 5.41) is 4.24. The Morgan fingerprint density at radius 2 is 1.73 bits per heavy atom. The number of carbonyl (C=O) groups is 1. The van der Waals surface area contributed by atoms with Crippen molar-refractivity contribution in [3.63, 3.8) is 0 Å². The molecule has 3 aromatic rings. The molecule has 0 radical (unpaired) electrons. The second-order valence-electron chi connectivity index (χ2n) is 5.71. The summed E-state index contributed by atoms with van der Waals surface area (Å²) in [4.78, 5) is 32.8. The fourth-order valence-corrected chi connectivity index (χ4v) is 3.99. The molecule has 0 saturated carbocycles. The molecule has 0 spiro atoms.